The van der Waals surface area contributed by atoms with Gasteiger partial charge < -0.3 is 9.88 Å². The topological polar surface area (TPSA) is 41.7 Å². The van der Waals surface area contributed by atoms with Gasteiger partial charge in [0.05, 0.1) is 11.0 Å². The predicted molar refractivity (Wildman–Crippen MR) is 229 cm³/mol. The van der Waals surface area contributed by atoms with Crippen LogP contribution in [0.1, 0.15) is 22.9 Å². The zero-order chi connectivity index (χ0) is 36.6. The van der Waals surface area contributed by atoms with Gasteiger partial charge in [0.2, 0.25) is 0 Å². The largest absolute Gasteiger partial charge is 0.344 e. The summed E-state index contributed by atoms with van der Waals surface area (Å²) >= 11 is 0. The minimum absolute atomic E-state index is 0.308. The number of amidine groups is 2. The van der Waals surface area contributed by atoms with Gasteiger partial charge in [0.25, 0.3) is 0 Å². The molecule has 8 aromatic carbocycles. The lowest BCUT2D eigenvalue weighted by Gasteiger charge is -2.24. The van der Waals surface area contributed by atoms with E-state index in [0.29, 0.717) is 5.84 Å². The molecule has 1 aliphatic rings. The molecule has 4 heteroatoms. The van der Waals surface area contributed by atoms with Crippen LogP contribution in [0.15, 0.2) is 216 Å². The van der Waals surface area contributed by atoms with Crippen LogP contribution in [0.5, 0.6) is 0 Å². The SMILES string of the molecule is c1ccc(C2=NC(c3ccccc3)NC(c3cccc4c3c3c(-c5cc(-c6ccccc6)cc(-c6ccccc6)c5)cccc3n4-c3ccccc3)=N2)cc1. The molecule has 9 aromatic rings. The summed E-state index contributed by atoms with van der Waals surface area (Å²) in [5.74, 6) is 1.49. The standard InChI is InChI=1S/C51H36N4/c1-6-18-35(19-7-1)39-32-40(36-20-8-2-9-21-36)34-41(33-39)43-28-16-30-45-47(43)48-44(29-17-31-46(48)55(45)42-26-14-5-15-27-42)51-53-49(37-22-10-3-11-23-37)52-50(54-51)38-24-12-4-13-25-38/h1-34,49H,(H,52,53,54). The Morgan fingerprint density at radius 2 is 0.873 bits per heavy atom. The Bertz CT molecular complexity index is 2800. The lowest BCUT2D eigenvalue weighted by atomic mass is 9.91. The van der Waals surface area contributed by atoms with Crippen LogP contribution in [-0.4, -0.2) is 16.2 Å². The first kappa shape index (κ1) is 32.4. The summed E-state index contributed by atoms with van der Waals surface area (Å²) in [6.45, 7) is 0. The Morgan fingerprint density at radius 3 is 1.45 bits per heavy atom. The van der Waals surface area contributed by atoms with Gasteiger partial charge in [-0.15, -0.1) is 0 Å². The number of nitrogens with one attached hydrogen (secondary N) is 1. The number of benzene rings is 8. The Morgan fingerprint density at radius 1 is 0.400 bits per heavy atom. The molecular weight excluding hydrogens is 669 g/mol. The number of hydrogen-bond donors (Lipinski definition) is 1. The van der Waals surface area contributed by atoms with Gasteiger partial charge in [0.15, 0.2) is 5.84 Å². The number of fused-ring (bicyclic) bond motifs is 3. The van der Waals surface area contributed by atoms with Gasteiger partial charge in [-0.2, -0.15) is 0 Å². The normalized spacial score (nSPS) is 14.0. The van der Waals surface area contributed by atoms with E-state index < -0.39 is 0 Å². The molecule has 55 heavy (non-hydrogen) atoms. The fourth-order valence-electron chi connectivity index (χ4n) is 7.89. The fraction of sp³-hybridized carbons (Fsp3) is 0.0196. The zero-order valence-electron chi connectivity index (χ0n) is 30.0. The molecule has 1 aromatic heterocycles. The first-order valence-electron chi connectivity index (χ1n) is 18.7. The van der Waals surface area contributed by atoms with Crippen LogP contribution in [0.3, 0.4) is 0 Å². The third-order valence-corrected chi connectivity index (χ3v) is 10.4. The van der Waals surface area contributed by atoms with Crippen molar-refractivity contribution in [3.63, 3.8) is 0 Å². The Balaban J connectivity index is 1.27. The second-order valence-electron chi connectivity index (χ2n) is 13.8. The third-order valence-electron chi connectivity index (χ3n) is 10.4. The second-order valence-corrected chi connectivity index (χ2v) is 13.8. The second kappa shape index (κ2) is 13.9. The number of para-hydroxylation sites is 1. The molecule has 1 aliphatic heterocycles. The van der Waals surface area contributed by atoms with Crippen molar-refractivity contribution in [1.82, 2.24) is 9.88 Å². The quantitative estimate of drug-likeness (QED) is 0.176. The van der Waals surface area contributed by atoms with Gasteiger partial charge in [-0.3, -0.25) is 0 Å². The molecule has 2 heterocycles. The van der Waals surface area contributed by atoms with E-state index in [2.05, 4.69) is 192 Å². The van der Waals surface area contributed by atoms with Crippen molar-refractivity contribution in [2.45, 2.75) is 6.17 Å². The van der Waals surface area contributed by atoms with Crippen molar-refractivity contribution >= 4 is 33.5 Å². The van der Waals surface area contributed by atoms with E-state index in [4.69, 9.17) is 9.98 Å². The summed E-state index contributed by atoms with van der Waals surface area (Å²) in [7, 11) is 0. The van der Waals surface area contributed by atoms with Crippen LogP contribution in [0.25, 0.3) is 60.9 Å². The van der Waals surface area contributed by atoms with Crippen LogP contribution >= 0.6 is 0 Å². The Hall–Kier alpha value is -7.30. The molecular formula is C51H36N4. The van der Waals surface area contributed by atoms with Crippen LogP contribution in [-0.2, 0) is 0 Å². The summed E-state index contributed by atoms with van der Waals surface area (Å²) in [5.41, 5.74) is 13.5. The lowest BCUT2D eigenvalue weighted by molar-refractivity contribution is 0.674. The highest BCUT2D eigenvalue weighted by molar-refractivity contribution is 6.25. The predicted octanol–water partition coefficient (Wildman–Crippen LogP) is 12.3. The van der Waals surface area contributed by atoms with Crippen LogP contribution in [0.4, 0.5) is 0 Å². The zero-order valence-corrected chi connectivity index (χ0v) is 30.0. The van der Waals surface area contributed by atoms with E-state index in [1.54, 1.807) is 0 Å². The van der Waals surface area contributed by atoms with E-state index in [-0.39, 0.29) is 6.17 Å². The molecule has 0 fully saturated rings. The molecule has 0 saturated heterocycles. The maximum atomic E-state index is 5.29. The van der Waals surface area contributed by atoms with Crippen molar-refractivity contribution in [1.29, 1.82) is 0 Å². The van der Waals surface area contributed by atoms with Crippen LogP contribution < -0.4 is 5.32 Å². The van der Waals surface area contributed by atoms with Crippen molar-refractivity contribution < 1.29 is 0 Å². The van der Waals surface area contributed by atoms with Crippen molar-refractivity contribution in [2.75, 3.05) is 0 Å². The smallest absolute Gasteiger partial charge is 0.159 e. The summed E-state index contributed by atoms with van der Waals surface area (Å²) in [4.78, 5) is 10.4. The molecule has 1 unspecified atom stereocenters. The van der Waals surface area contributed by atoms with Crippen LogP contribution in [0.2, 0.25) is 0 Å². The Labute approximate surface area is 320 Å². The number of rotatable bonds is 7. The fourth-order valence-corrected chi connectivity index (χ4v) is 7.89. The van der Waals surface area contributed by atoms with Gasteiger partial charge >= 0.3 is 0 Å². The highest BCUT2D eigenvalue weighted by Crippen LogP contribution is 2.42. The molecule has 10 rings (SSSR count). The number of aromatic nitrogens is 1. The molecule has 0 bridgehead atoms. The molecule has 0 radical (unpaired) electrons. The lowest BCUT2D eigenvalue weighted by Crippen LogP contribution is -2.33. The molecule has 1 N–H and O–H groups in total. The summed E-state index contributed by atoms with van der Waals surface area (Å²) < 4.78 is 2.39. The van der Waals surface area contributed by atoms with Crippen molar-refractivity contribution in [2.24, 2.45) is 9.98 Å². The average Bonchev–Trinajstić information content (AvgIpc) is 3.62. The third kappa shape index (κ3) is 6.00. The van der Waals surface area contributed by atoms with Gasteiger partial charge in [-0.1, -0.05) is 164 Å². The van der Waals surface area contributed by atoms with E-state index in [0.717, 1.165) is 55.8 Å². The molecule has 0 aliphatic carbocycles. The van der Waals surface area contributed by atoms with E-state index in [1.807, 2.05) is 24.3 Å². The van der Waals surface area contributed by atoms with Crippen molar-refractivity contribution in [3.05, 3.63) is 223 Å². The van der Waals surface area contributed by atoms with E-state index in [9.17, 15) is 0 Å². The minimum Gasteiger partial charge on any atom is -0.344 e. The van der Waals surface area contributed by atoms with Gasteiger partial charge in [-0.25, -0.2) is 9.98 Å². The number of hydrogen-bond acceptors (Lipinski definition) is 3. The molecule has 260 valence electrons. The first-order chi connectivity index (χ1) is 27.3. The van der Waals surface area contributed by atoms with Gasteiger partial charge in [0, 0.05) is 27.6 Å². The average molecular weight is 705 g/mol. The van der Waals surface area contributed by atoms with E-state index >= 15 is 0 Å². The van der Waals surface area contributed by atoms with E-state index in [1.165, 1.54) is 27.6 Å². The summed E-state index contributed by atoms with van der Waals surface area (Å²) in [6.07, 6.45) is -0.308. The number of aliphatic imine (C=N–C) groups is 2. The molecule has 0 saturated carbocycles. The maximum Gasteiger partial charge on any atom is 0.159 e. The highest BCUT2D eigenvalue weighted by atomic mass is 15.2. The maximum absolute atomic E-state index is 5.29. The highest BCUT2D eigenvalue weighted by Gasteiger charge is 2.26. The number of nitrogens with zero attached hydrogens (tertiary/aromatic N) is 3. The van der Waals surface area contributed by atoms with Crippen LogP contribution in [0, 0.1) is 0 Å². The van der Waals surface area contributed by atoms with Gasteiger partial charge in [0.1, 0.15) is 12.0 Å². The molecule has 4 nitrogen and oxygen atoms in total. The first-order valence-corrected chi connectivity index (χ1v) is 18.7. The van der Waals surface area contributed by atoms with Crippen molar-refractivity contribution in [3.8, 4) is 39.1 Å². The Kier molecular flexibility index (Phi) is 8.19. The molecule has 0 spiro atoms. The summed E-state index contributed by atoms with van der Waals surface area (Å²) in [6, 6.07) is 73.0. The summed E-state index contributed by atoms with van der Waals surface area (Å²) in [5, 5.41) is 6.07. The molecule has 1 atom stereocenters. The minimum atomic E-state index is -0.308. The van der Waals surface area contributed by atoms with Gasteiger partial charge in [-0.05, 0) is 81.4 Å². The monoisotopic (exact) mass is 704 g/mol. The molecule has 0 amide bonds.